The van der Waals surface area contributed by atoms with Gasteiger partial charge in [-0.3, -0.25) is 0 Å². The van der Waals surface area contributed by atoms with Gasteiger partial charge in [0.2, 0.25) is 0 Å². The molecule has 0 aliphatic heterocycles. The van der Waals surface area contributed by atoms with E-state index < -0.39 is 0 Å². The Morgan fingerprint density at radius 3 is 2.29 bits per heavy atom. The maximum atomic E-state index is 4.62. The predicted octanol–water partition coefficient (Wildman–Crippen LogP) is 5.74. The first-order valence-corrected chi connectivity index (χ1v) is 8.98. The van der Waals surface area contributed by atoms with Crippen LogP contribution < -0.4 is 4.90 Å². The molecular weight excluding hydrogens is 523 g/mol. The zero-order valence-electron chi connectivity index (χ0n) is 15.3. The second-order valence-electron chi connectivity index (χ2n) is 6.55. The molecule has 1 radical (unpaired) electrons. The summed E-state index contributed by atoms with van der Waals surface area (Å²) in [5, 5.41) is 1.04. The summed E-state index contributed by atoms with van der Waals surface area (Å²) in [6.07, 6.45) is 1.84. The molecule has 139 valence electrons. The topological polar surface area (TPSA) is 21.1 Å². The van der Waals surface area contributed by atoms with E-state index in [0.717, 1.165) is 39.0 Å². The SMILES string of the molecule is CN(c1ccccc1)c1c[c-]c2c3ncccc3n(-c3ccccc3)c2c1.[Ir]. The van der Waals surface area contributed by atoms with Crippen LogP contribution in [0.25, 0.3) is 27.6 Å². The number of para-hydroxylation sites is 2. The molecule has 0 saturated carbocycles. The van der Waals surface area contributed by atoms with Crippen LogP contribution in [0.2, 0.25) is 0 Å². The molecule has 3 nitrogen and oxygen atoms in total. The van der Waals surface area contributed by atoms with Gasteiger partial charge in [-0.05, 0) is 47.6 Å². The van der Waals surface area contributed by atoms with Crippen LogP contribution in [0.5, 0.6) is 0 Å². The van der Waals surface area contributed by atoms with Gasteiger partial charge in [0.1, 0.15) is 0 Å². The summed E-state index contributed by atoms with van der Waals surface area (Å²) >= 11 is 0. The first-order valence-electron chi connectivity index (χ1n) is 8.98. The van der Waals surface area contributed by atoms with Crippen molar-refractivity contribution in [2.75, 3.05) is 11.9 Å². The van der Waals surface area contributed by atoms with Gasteiger partial charge in [0.15, 0.2) is 0 Å². The Kier molecular flexibility index (Phi) is 4.99. The van der Waals surface area contributed by atoms with E-state index >= 15 is 0 Å². The van der Waals surface area contributed by atoms with E-state index in [-0.39, 0.29) is 20.1 Å². The van der Waals surface area contributed by atoms with Gasteiger partial charge in [0.05, 0.1) is 0 Å². The van der Waals surface area contributed by atoms with Crippen LogP contribution in [0.15, 0.2) is 91.1 Å². The van der Waals surface area contributed by atoms with E-state index in [9.17, 15) is 0 Å². The number of benzene rings is 3. The van der Waals surface area contributed by atoms with Crippen molar-refractivity contribution in [2.45, 2.75) is 0 Å². The average Bonchev–Trinajstić information content (AvgIpc) is 3.08. The standard InChI is InChI=1S/C24H18N3.Ir/c1-26(18-9-4-2-5-10-18)20-14-15-21-23(17-20)27(19-11-6-3-7-12-19)22-13-8-16-25-24(21)22;/h2-14,16-17H,1H3;/q-1;. The Morgan fingerprint density at radius 1 is 0.821 bits per heavy atom. The number of nitrogens with zero attached hydrogens (tertiary/aromatic N) is 3. The number of rotatable bonds is 3. The van der Waals surface area contributed by atoms with Crippen molar-refractivity contribution < 1.29 is 20.1 Å². The van der Waals surface area contributed by atoms with Crippen molar-refractivity contribution in [3.63, 3.8) is 0 Å². The summed E-state index contributed by atoms with van der Waals surface area (Å²) in [4.78, 5) is 6.80. The van der Waals surface area contributed by atoms with Gasteiger partial charge in [0.25, 0.3) is 0 Å². The van der Waals surface area contributed by atoms with Crippen LogP contribution in [0.4, 0.5) is 11.4 Å². The van der Waals surface area contributed by atoms with Crippen molar-refractivity contribution in [3.8, 4) is 5.69 Å². The monoisotopic (exact) mass is 541 g/mol. The van der Waals surface area contributed by atoms with Gasteiger partial charge in [-0.2, -0.15) is 0 Å². The Hall–Kier alpha value is -2.94. The summed E-state index contributed by atoms with van der Waals surface area (Å²) in [6, 6.07) is 32.6. The number of fused-ring (bicyclic) bond motifs is 3. The minimum atomic E-state index is 0. The third kappa shape index (κ3) is 3.01. The summed E-state index contributed by atoms with van der Waals surface area (Å²) in [7, 11) is 2.08. The van der Waals surface area contributed by atoms with Crippen LogP contribution in [0.1, 0.15) is 0 Å². The molecule has 0 bridgehead atoms. The second-order valence-corrected chi connectivity index (χ2v) is 6.55. The molecule has 5 aromatic rings. The maximum Gasteiger partial charge on any atom is 0.0366 e. The van der Waals surface area contributed by atoms with Crippen LogP contribution >= 0.6 is 0 Å². The fourth-order valence-corrected chi connectivity index (χ4v) is 3.59. The van der Waals surface area contributed by atoms with Crippen molar-refractivity contribution in [1.29, 1.82) is 0 Å². The zero-order chi connectivity index (χ0) is 18.2. The molecule has 0 N–H and O–H groups in total. The third-order valence-electron chi connectivity index (χ3n) is 4.96. The number of hydrogen-bond acceptors (Lipinski definition) is 2. The summed E-state index contributed by atoms with van der Waals surface area (Å²) in [6.45, 7) is 0. The van der Waals surface area contributed by atoms with E-state index in [1.54, 1.807) is 0 Å². The van der Waals surface area contributed by atoms with Crippen molar-refractivity contribution in [2.24, 2.45) is 0 Å². The van der Waals surface area contributed by atoms with E-state index in [1.807, 2.05) is 30.5 Å². The summed E-state index contributed by atoms with van der Waals surface area (Å²) in [5.74, 6) is 0. The molecule has 0 aliphatic rings. The molecular formula is C24H18IrN3-. The van der Waals surface area contributed by atoms with Crippen LogP contribution in [0.3, 0.4) is 0 Å². The quantitative estimate of drug-likeness (QED) is 0.272. The van der Waals surface area contributed by atoms with Gasteiger partial charge >= 0.3 is 0 Å². The normalized spacial score (nSPS) is 10.8. The zero-order valence-corrected chi connectivity index (χ0v) is 17.7. The first kappa shape index (κ1) is 18.4. The van der Waals surface area contributed by atoms with Gasteiger partial charge in [-0.25, -0.2) is 0 Å². The van der Waals surface area contributed by atoms with Gasteiger partial charge in [-0.1, -0.05) is 47.9 Å². The number of anilines is 2. The molecule has 0 atom stereocenters. The minimum absolute atomic E-state index is 0. The predicted molar refractivity (Wildman–Crippen MR) is 112 cm³/mol. The van der Waals surface area contributed by atoms with E-state index in [4.69, 9.17) is 0 Å². The van der Waals surface area contributed by atoms with E-state index in [1.165, 1.54) is 0 Å². The molecule has 5 rings (SSSR count). The molecule has 28 heavy (non-hydrogen) atoms. The van der Waals surface area contributed by atoms with E-state index in [0.29, 0.717) is 0 Å². The van der Waals surface area contributed by atoms with Crippen molar-refractivity contribution in [1.82, 2.24) is 9.55 Å². The van der Waals surface area contributed by atoms with Gasteiger partial charge in [-0.15, -0.1) is 12.1 Å². The molecule has 0 fully saturated rings. The fraction of sp³-hybridized carbons (Fsp3) is 0.0417. The largest absolute Gasteiger partial charge is 0.384 e. The summed E-state index contributed by atoms with van der Waals surface area (Å²) in [5.41, 5.74) is 6.53. The molecule has 0 saturated heterocycles. The molecule has 2 aromatic heterocycles. The first-order chi connectivity index (χ1) is 13.3. The number of aromatic nitrogens is 2. The molecule has 0 amide bonds. The van der Waals surface area contributed by atoms with Crippen LogP contribution in [0, 0.1) is 6.07 Å². The molecule has 2 heterocycles. The second kappa shape index (κ2) is 7.59. The molecule has 4 heteroatoms. The molecule has 0 aliphatic carbocycles. The Labute approximate surface area is 177 Å². The fourth-order valence-electron chi connectivity index (χ4n) is 3.59. The number of hydrogen-bond donors (Lipinski definition) is 0. The Balaban J connectivity index is 0.00000192. The Bertz CT molecular complexity index is 1230. The van der Waals surface area contributed by atoms with Crippen molar-refractivity contribution >= 4 is 33.3 Å². The maximum absolute atomic E-state index is 4.62. The van der Waals surface area contributed by atoms with E-state index in [2.05, 4.69) is 88.2 Å². The smallest absolute Gasteiger partial charge is 0.0366 e. The molecule has 0 unspecified atom stereocenters. The third-order valence-corrected chi connectivity index (χ3v) is 4.96. The van der Waals surface area contributed by atoms with Crippen LogP contribution in [-0.4, -0.2) is 16.6 Å². The van der Waals surface area contributed by atoms with Crippen LogP contribution in [-0.2, 0) is 20.1 Å². The summed E-state index contributed by atoms with van der Waals surface area (Å²) < 4.78 is 2.26. The molecule has 3 aromatic carbocycles. The van der Waals surface area contributed by atoms with Gasteiger partial charge in [0, 0.05) is 55.8 Å². The average molecular weight is 541 g/mol. The minimum Gasteiger partial charge on any atom is -0.384 e. The molecule has 0 spiro atoms. The number of pyridine rings is 1. The van der Waals surface area contributed by atoms with Crippen molar-refractivity contribution in [3.05, 3.63) is 97.2 Å². The Morgan fingerprint density at radius 2 is 1.54 bits per heavy atom. The van der Waals surface area contributed by atoms with Gasteiger partial charge < -0.3 is 14.5 Å².